The molecule has 0 bridgehead atoms. The van der Waals surface area contributed by atoms with Gasteiger partial charge in [0.15, 0.2) is 0 Å². The Hall–Kier alpha value is -1.74. The maximum absolute atomic E-state index is 4.41. The Morgan fingerprint density at radius 2 is 2.06 bits per heavy atom. The number of rotatable bonds is 4. The Kier molecular flexibility index (Phi) is 4.05. The summed E-state index contributed by atoms with van der Waals surface area (Å²) in [6, 6.07) is 6.63. The van der Waals surface area contributed by atoms with Gasteiger partial charge >= 0.3 is 0 Å². The molecular weight excluding hydrogens is 222 g/mol. The van der Waals surface area contributed by atoms with Gasteiger partial charge in [-0.3, -0.25) is 9.97 Å². The summed E-state index contributed by atoms with van der Waals surface area (Å²) in [5.41, 5.74) is 4.80. The van der Waals surface area contributed by atoms with Crippen molar-refractivity contribution in [1.29, 1.82) is 0 Å². The van der Waals surface area contributed by atoms with Crippen molar-refractivity contribution in [2.75, 3.05) is 6.54 Å². The number of nitrogens with zero attached hydrogens (tertiary/aromatic N) is 2. The Labute approximate surface area is 108 Å². The lowest BCUT2D eigenvalue weighted by Crippen LogP contribution is -2.23. The Morgan fingerprint density at radius 1 is 1.22 bits per heavy atom. The molecule has 94 valence electrons. The summed E-state index contributed by atoms with van der Waals surface area (Å²) in [6.45, 7) is 7.26. The van der Waals surface area contributed by atoms with Gasteiger partial charge in [0, 0.05) is 12.4 Å². The van der Waals surface area contributed by atoms with Crippen LogP contribution in [0, 0.1) is 13.8 Å². The van der Waals surface area contributed by atoms with Gasteiger partial charge in [-0.25, -0.2) is 0 Å². The summed E-state index contributed by atoms with van der Waals surface area (Å²) < 4.78 is 0. The first kappa shape index (κ1) is 12.7. The standard InChI is InChI=1S/C15H19N3/c1-4-17-15(14-10-16-7-8-18-14)13-6-5-11(2)9-12(13)3/h5-10,15,17H,4H2,1-3H3. The van der Waals surface area contributed by atoms with Gasteiger partial charge in [-0.05, 0) is 31.5 Å². The highest BCUT2D eigenvalue weighted by Gasteiger charge is 2.16. The molecule has 0 radical (unpaired) electrons. The second-order valence-electron chi connectivity index (χ2n) is 4.48. The highest BCUT2D eigenvalue weighted by Crippen LogP contribution is 2.23. The van der Waals surface area contributed by atoms with Crippen LogP contribution in [0.2, 0.25) is 0 Å². The van der Waals surface area contributed by atoms with Crippen molar-refractivity contribution >= 4 is 0 Å². The van der Waals surface area contributed by atoms with Crippen LogP contribution in [0.3, 0.4) is 0 Å². The van der Waals surface area contributed by atoms with E-state index in [1.54, 1.807) is 12.4 Å². The van der Waals surface area contributed by atoms with Gasteiger partial charge in [0.2, 0.25) is 0 Å². The molecule has 3 heteroatoms. The van der Waals surface area contributed by atoms with Crippen LogP contribution < -0.4 is 5.32 Å². The Morgan fingerprint density at radius 3 is 2.67 bits per heavy atom. The third-order valence-corrected chi connectivity index (χ3v) is 3.02. The molecule has 1 unspecified atom stereocenters. The predicted octanol–water partition coefficient (Wildman–Crippen LogP) is 2.79. The molecule has 0 amide bonds. The largest absolute Gasteiger partial charge is 0.305 e. The molecule has 1 heterocycles. The zero-order chi connectivity index (χ0) is 13.0. The Bertz CT molecular complexity index is 508. The van der Waals surface area contributed by atoms with Crippen molar-refractivity contribution in [1.82, 2.24) is 15.3 Å². The third kappa shape index (κ3) is 2.74. The summed E-state index contributed by atoms with van der Waals surface area (Å²) in [6.07, 6.45) is 5.27. The molecule has 1 atom stereocenters. The number of aryl methyl sites for hydroxylation is 2. The van der Waals surface area contributed by atoms with Gasteiger partial charge in [-0.15, -0.1) is 0 Å². The second-order valence-corrected chi connectivity index (χ2v) is 4.48. The maximum Gasteiger partial charge on any atom is 0.0801 e. The fourth-order valence-corrected chi connectivity index (χ4v) is 2.19. The van der Waals surface area contributed by atoms with Crippen molar-refractivity contribution < 1.29 is 0 Å². The summed E-state index contributed by atoms with van der Waals surface area (Å²) in [5, 5.41) is 3.47. The SMILES string of the molecule is CCNC(c1cnccn1)c1ccc(C)cc1C. The molecule has 2 rings (SSSR count). The van der Waals surface area contributed by atoms with E-state index in [-0.39, 0.29) is 6.04 Å². The van der Waals surface area contributed by atoms with Crippen LogP contribution in [-0.2, 0) is 0 Å². The molecule has 0 aliphatic heterocycles. The molecule has 2 aromatic rings. The number of hydrogen-bond acceptors (Lipinski definition) is 3. The van der Waals surface area contributed by atoms with E-state index in [4.69, 9.17) is 0 Å². The number of benzene rings is 1. The minimum absolute atomic E-state index is 0.115. The first-order valence-electron chi connectivity index (χ1n) is 6.28. The van der Waals surface area contributed by atoms with E-state index in [0.717, 1.165) is 12.2 Å². The van der Waals surface area contributed by atoms with Crippen LogP contribution in [0.1, 0.15) is 35.3 Å². The van der Waals surface area contributed by atoms with Gasteiger partial charge in [-0.1, -0.05) is 30.7 Å². The van der Waals surface area contributed by atoms with E-state index in [9.17, 15) is 0 Å². The minimum atomic E-state index is 0.115. The van der Waals surface area contributed by atoms with Crippen LogP contribution >= 0.6 is 0 Å². The lowest BCUT2D eigenvalue weighted by Gasteiger charge is -2.19. The van der Waals surface area contributed by atoms with Gasteiger partial charge in [0.25, 0.3) is 0 Å². The molecule has 18 heavy (non-hydrogen) atoms. The van der Waals surface area contributed by atoms with Gasteiger partial charge in [-0.2, -0.15) is 0 Å². The zero-order valence-corrected chi connectivity index (χ0v) is 11.1. The maximum atomic E-state index is 4.41. The van der Waals surface area contributed by atoms with Crippen LogP contribution in [0.4, 0.5) is 0 Å². The van der Waals surface area contributed by atoms with Crippen molar-refractivity contribution in [3.05, 3.63) is 59.2 Å². The molecule has 0 saturated carbocycles. The van der Waals surface area contributed by atoms with Gasteiger partial charge in [0.05, 0.1) is 17.9 Å². The molecule has 0 aliphatic rings. The predicted molar refractivity (Wildman–Crippen MR) is 73.5 cm³/mol. The molecule has 1 aromatic carbocycles. The fourth-order valence-electron chi connectivity index (χ4n) is 2.19. The van der Waals surface area contributed by atoms with Crippen molar-refractivity contribution in [2.24, 2.45) is 0 Å². The lowest BCUT2D eigenvalue weighted by atomic mass is 9.97. The molecule has 3 nitrogen and oxygen atoms in total. The second kappa shape index (κ2) is 5.74. The van der Waals surface area contributed by atoms with Crippen molar-refractivity contribution in [3.8, 4) is 0 Å². The first-order valence-corrected chi connectivity index (χ1v) is 6.28. The van der Waals surface area contributed by atoms with E-state index < -0.39 is 0 Å². The van der Waals surface area contributed by atoms with Crippen LogP contribution in [0.5, 0.6) is 0 Å². The average Bonchev–Trinajstić information content (AvgIpc) is 2.38. The van der Waals surface area contributed by atoms with Crippen molar-refractivity contribution in [2.45, 2.75) is 26.8 Å². The third-order valence-electron chi connectivity index (χ3n) is 3.02. The molecule has 0 fully saturated rings. The smallest absolute Gasteiger partial charge is 0.0801 e. The van der Waals surface area contributed by atoms with E-state index in [1.165, 1.54) is 16.7 Å². The molecular formula is C15H19N3. The number of aromatic nitrogens is 2. The van der Waals surface area contributed by atoms with Gasteiger partial charge < -0.3 is 5.32 Å². The number of nitrogens with one attached hydrogen (secondary N) is 1. The monoisotopic (exact) mass is 241 g/mol. The highest BCUT2D eigenvalue weighted by atomic mass is 14.9. The quantitative estimate of drug-likeness (QED) is 0.894. The van der Waals surface area contributed by atoms with Crippen LogP contribution in [0.15, 0.2) is 36.8 Å². The molecule has 1 aromatic heterocycles. The van der Waals surface area contributed by atoms with Crippen LogP contribution in [-0.4, -0.2) is 16.5 Å². The van der Waals surface area contributed by atoms with E-state index in [1.807, 2.05) is 6.20 Å². The Balaban J connectivity index is 2.41. The topological polar surface area (TPSA) is 37.8 Å². The summed E-state index contributed by atoms with van der Waals surface area (Å²) in [4.78, 5) is 8.57. The van der Waals surface area contributed by atoms with E-state index in [0.29, 0.717) is 0 Å². The van der Waals surface area contributed by atoms with Crippen molar-refractivity contribution in [3.63, 3.8) is 0 Å². The van der Waals surface area contributed by atoms with E-state index in [2.05, 4.69) is 54.3 Å². The normalized spacial score (nSPS) is 12.4. The summed E-state index contributed by atoms with van der Waals surface area (Å²) in [7, 11) is 0. The lowest BCUT2D eigenvalue weighted by molar-refractivity contribution is 0.610. The zero-order valence-electron chi connectivity index (χ0n) is 11.1. The van der Waals surface area contributed by atoms with Crippen LogP contribution in [0.25, 0.3) is 0 Å². The minimum Gasteiger partial charge on any atom is -0.305 e. The summed E-state index contributed by atoms with van der Waals surface area (Å²) in [5.74, 6) is 0. The highest BCUT2D eigenvalue weighted by molar-refractivity contribution is 5.36. The molecule has 0 aliphatic carbocycles. The number of hydrogen-bond donors (Lipinski definition) is 1. The van der Waals surface area contributed by atoms with E-state index >= 15 is 0 Å². The molecule has 0 spiro atoms. The summed E-state index contributed by atoms with van der Waals surface area (Å²) >= 11 is 0. The fraction of sp³-hybridized carbons (Fsp3) is 0.333. The van der Waals surface area contributed by atoms with Gasteiger partial charge in [0.1, 0.15) is 0 Å². The first-order chi connectivity index (χ1) is 8.72. The molecule has 1 N–H and O–H groups in total. The molecule has 0 saturated heterocycles. The average molecular weight is 241 g/mol.